The van der Waals surface area contributed by atoms with Gasteiger partial charge in [0.15, 0.2) is 6.35 Å². The number of hydrogen-bond acceptors (Lipinski definition) is 11. The number of alkyl halides is 6. The Balaban J connectivity index is 1.15. The summed E-state index contributed by atoms with van der Waals surface area (Å²) in [5, 5.41) is 21.6. The molecule has 3 unspecified atom stereocenters. The van der Waals surface area contributed by atoms with Crippen LogP contribution >= 0.6 is 0 Å². The van der Waals surface area contributed by atoms with E-state index in [4.69, 9.17) is 13.9 Å². The molecule has 2 aliphatic heterocycles. The third-order valence-electron chi connectivity index (χ3n) is 9.95. The molecule has 0 spiro atoms. The topological polar surface area (TPSA) is 132 Å². The highest BCUT2D eigenvalue weighted by molar-refractivity contribution is 5.92. The highest BCUT2D eigenvalue weighted by Crippen LogP contribution is 2.34. The van der Waals surface area contributed by atoms with E-state index in [1.807, 2.05) is 47.9 Å². The first kappa shape index (κ1) is 43.3. The molecule has 318 valence electrons. The van der Waals surface area contributed by atoms with Crippen molar-refractivity contribution in [3.8, 4) is 11.5 Å². The fraction of sp³-hybridized carbons (Fsp3) is 0.450. The van der Waals surface area contributed by atoms with E-state index in [2.05, 4.69) is 20.7 Å². The lowest BCUT2D eigenvalue weighted by atomic mass is 10.0. The number of anilines is 1. The molecule has 0 saturated carbocycles. The highest BCUT2D eigenvalue weighted by Gasteiger charge is 2.48. The first-order valence-corrected chi connectivity index (χ1v) is 19.1. The number of hydrazone groups is 1. The van der Waals surface area contributed by atoms with E-state index in [1.165, 1.54) is 6.92 Å². The van der Waals surface area contributed by atoms with Crippen molar-refractivity contribution in [1.82, 2.24) is 30.3 Å². The lowest BCUT2D eigenvalue weighted by Gasteiger charge is -2.40. The number of nitrogens with one attached hydrogen (secondary N) is 1. The number of urea groups is 1. The third-order valence-corrected chi connectivity index (χ3v) is 9.95. The number of aromatic nitrogens is 2. The van der Waals surface area contributed by atoms with E-state index in [9.17, 15) is 36.2 Å². The number of carbonyl (C=O) groups is 1. The van der Waals surface area contributed by atoms with Gasteiger partial charge >= 0.3 is 30.2 Å². The maximum atomic E-state index is 13.9. The van der Waals surface area contributed by atoms with E-state index in [1.54, 1.807) is 65.4 Å². The van der Waals surface area contributed by atoms with Crippen LogP contribution in [0.25, 0.3) is 11.5 Å². The molecule has 2 N–H and O–H groups in total. The average Bonchev–Trinajstić information content (AvgIpc) is 3.89. The highest BCUT2D eigenvalue weighted by atomic mass is 19.4. The molecule has 3 heterocycles. The molecule has 4 aromatic rings. The fourth-order valence-electron chi connectivity index (χ4n) is 6.87. The average molecular weight is 833 g/mol. The van der Waals surface area contributed by atoms with Crippen LogP contribution in [0.4, 0.5) is 36.8 Å². The Morgan fingerprint density at radius 2 is 1.63 bits per heavy atom. The Morgan fingerprint density at radius 1 is 0.949 bits per heavy atom. The van der Waals surface area contributed by atoms with Crippen LogP contribution in [-0.2, 0) is 34.5 Å². The van der Waals surface area contributed by atoms with Crippen LogP contribution in [0.1, 0.15) is 67.9 Å². The second kappa shape index (κ2) is 17.9. The number of ether oxygens (including phenoxy) is 2. The Morgan fingerprint density at radius 3 is 2.25 bits per heavy atom. The van der Waals surface area contributed by atoms with Gasteiger partial charge < -0.3 is 23.9 Å². The molecule has 0 radical (unpaired) electrons. The van der Waals surface area contributed by atoms with Crippen LogP contribution in [-0.4, -0.2) is 94.3 Å². The van der Waals surface area contributed by atoms with E-state index in [-0.39, 0.29) is 18.5 Å². The first-order valence-electron chi connectivity index (χ1n) is 19.1. The van der Waals surface area contributed by atoms with Crippen molar-refractivity contribution in [2.24, 2.45) is 5.10 Å². The predicted octanol–water partition coefficient (Wildman–Crippen LogP) is 7.45. The second-order valence-electron chi connectivity index (χ2n) is 14.5. The van der Waals surface area contributed by atoms with Crippen LogP contribution in [0, 0.1) is 0 Å². The number of aliphatic hydroxyl groups is 1. The zero-order valence-electron chi connectivity index (χ0n) is 32.9. The van der Waals surface area contributed by atoms with Crippen molar-refractivity contribution in [3.63, 3.8) is 0 Å². The molecule has 3 aromatic carbocycles. The number of nitrogens with zero attached hydrogens (tertiary/aromatic N) is 7. The molecule has 0 bridgehead atoms. The minimum absolute atomic E-state index is 0.152. The Labute approximate surface area is 337 Å². The molecule has 6 rings (SSSR count). The number of hydrogen-bond donors (Lipinski definition) is 2. The molecule has 2 aliphatic rings. The van der Waals surface area contributed by atoms with Gasteiger partial charge in [-0.2, -0.15) is 26.3 Å². The summed E-state index contributed by atoms with van der Waals surface area (Å²) in [7, 11) is 1.72. The SMILES string of the molecule is CCCN(C)C(=O)N(Cc1ccc(C2(C)NN=C(C(F)(F)F)O2)cc1)c1cccc(C2CN(C(O)N(CCC)Cc3ccc(-c4nnc(C(F)(F)F)o4)cc3)CCO2)c1. The molecule has 13 nitrogen and oxygen atoms in total. The van der Waals surface area contributed by atoms with E-state index < -0.39 is 42.3 Å². The molecule has 1 aromatic heterocycles. The Hall–Kier alpha value is -5.24. The largest absolute Gasteiger partial charge is 0.470 e. The van der Waals surface area contributed by atoms with Crippen molar-refractivity contribution in [2.45, 2.75) is 77.2 Å². The summed E-state index contributed by atoms with van der Waals surface area (Å²) in [6, 6.07) is 20.5. The van der Waals surface area contributed by atoms with Crippen molar-refractivity contribution in [2.75, 3.05) is 44.7 Å². The number of carbonyl (C=O) groups excluding carboxylic acids is 1. The van der Waals surface area contributed by atoms with Crippen molar-refractivity contribution in [1.29, 1.82) is 0 Å². The van der Waals surface area contributed by atoms with Gasteiger partial charge in [-0.25, -0.2) is 4.79 Å². The summed E-state index contributed by atoms with van der Waals surface area (Å²) >= 11 is 0. The van der Waals surface area contributed by atoms with Gasteiger partial charge in [0, 0.05) is 63.5 Å². The van der Waals surface area contributed by atoms with Crippen molar-refractivity contribution < 1.29 is 50.1 Å². The molecular formula is C40H46F6N8O5. The van der Waals surface area contributed by atoms with Crippen molar-refractivity contribution >= 4 is 17.6 Å². The minimum Gasteiger partial charge on any atom is -0.441 e. The summed E-state index contributed by atoms with van der Waals surface area (Å²) in [5.41, 5.74) is 4.56. The monoisotopic (exact) mass is 832 g/mol. The molecule has 19 heteroatoms. The number of halogens is 6. The molecule has 0 aliphatic carbocycles. The minimum atomic E-state index is -4.75. The quantitative estimate of drug-likeness (QED) is 0.0976. The van der Waals surface area contributed by atoms with Gasteiger partial charge in [-0.1, -0.05) is 62.4 Å². The number of rotatable bonds is 14. The smallest absolute Gasteiger partial charge is 0.441 e. The van der Waals surface area contributed by atoms with Gasteiger partial charge in [-0.15, -0.1) is 15.3 Å². The Bertz CT molecular complexity index is 2060. The maximum absolute atomic E-state index is 13.9. The van der Waals surface area contributed by atoms with Gasteiger partial charge in [0.1, 0.15) is 0 Å². The standard InChI is InChI=1S/C40H46F6N8O5/c1-5-18-51(4)36(55)54(24-27-12-16-30(17-13-27)38(3)50-49-35(59-38)40(44,45)46)31-9-7-8-29(22-31)32-25-53(20-21-57-32)37(56)52(19-6-2)23-26-10-14-28(15-11-26)33-47-48-34(58-33)39(41,42)43/h7-17,22,32,37,50,56H,5-6,18-21,23-25H2,1-4H3. The lowest BCUT2D eigenvalue weighted by Crippen LogP contribution is -2.53. The van der Waals surface area contributed by atoms with Crippen LogP contribution in [0.3, 0.4) is 0 Å². The molecule has 2 amide bonds. The van der Waals surface area contributed by atoms with E-state index in [0.29, 0.717) is 56.1 Å². The van der Waals surface area contributed by atoms with Gasteiger partial charge in [0.2, 0.25) is 11.6 Å². The van der Waals surface area contributed by atoms with Gasteiger partial charge in [0.25, 0.3) is 0 Å². The summed E-state index contributed by atoms with van der Waals surface area (Å²) in [5.74, 6) is -3.04. The number of amides is 2. The van der Waals surface area contributed by atoms with Crippen LogP contribution in [0.5, 0.6) is 0 Å². The zero-order valence-corrected chi connectivity index (χ0v) is 32.9. The second-order valence-corrected chi connectivity index (χ2v) is 14.5. The van der Waals surface area contributed by atoms with Crippen molar-refractivity contribution in [3.05, 3.63) is 101 Å². The number of aliphatic hydroxyl groups excluding tert-OH is 1. The van der Waals surface area contributed by atoms with Gasteiger partial charge in [0.05, 0.1) is 19.3 Å². The van der Waals surface area contributed by atoms with E-state index in [0.717, 1.165) is 29.5 Å². The van der Waals surface area contributed by atoms with Gasteiger partial charge in [-0.3, -0.25) is 20.1 Å². The lowest BCUT2D eigenvalue weighted by molar-refractivity contribution is -0.160. The number of morpholine rings is 1. The fourth-order valence-corrected chi connectivity index (χ4v) is 6.87. The normalized spacial score (nSPS) is 19.3. The van der Waals surface area contributed by atoms with Crippen LogP contribution in [0.2, 0.25) is 0 Å². The van der Waals surface area contributed by atoms with Gasteiger partial charge in [-0.05, 0) is 53.8 Å². The summed E-state index contributed by atoms with van der Waals surface area (Å²) in [6.07, 6.45) is -9.46. The summed E-state index contributed by atoms with van der Waals surface area (Å²) < 4.78 is 94.6. The van der Waals surface area contributed by atoms with Crippen LogP contribution < -0.4 is 10.3 Å². The van der Waals surface area contributed by atoms with Crippen LogP contribution in [0.15, 0.2) is 82.3 Å². The van der Waals surface area contributed by atoms with E-state index >= 15 is 0 Å². The first-order chi connectivity index (χ1) is 28.0. The summed E-state index contributed by atoms with van der Waals surface area (Å²) in [4.78, 5) is 21.0. The predicted molar refractivity (Wildman–Crippen MR) is 204 cm³/mol. The third kappa shape index (κ3) is 10.3. The maximum Gasteiger partial charge on any atom is 0.470 e. The molecular weight excluding hydrogens is 786 g/mol. The number of benzene rings is 3. The molecule has 1 fully saturated rings. The molecule has 59 heavy (non-hydrogen) atoms. The Kier molecular flexibility index (Phi) is 13.2. The molecule has 1 saturated heterocycles. The summed E-state index contributed by atoms with van der Waals surface area (Å²) in [6.45, 7) is 8.07. The molecule has 3 atom stereocenters. The zero-order chi connectivity index (χ0) is 42.5.